The zero-order valence-electron chi connectivity index (χ0n) is 47.6. The standard InChI is InChI=1S/C31H32ClFN6O2.C30H31ClFN7O2.CH4.H3P/c1-6-26(40)37-11-12-38(19(5)16-37)24-15-27(41)39(30-18(4)13-25(34)35-28(30)17(2)3)31-21(24)14-22(32)29(36-31)20-9-7-8-10-23(20)33;1-6-24(40)37-11-12-38(18(5)15-37)28-20-14-21(31)26(19-9-7-8-10-22(19)32)35-29(20)39(30(41)36-28)27-17(4)13-23(33)34-25(27)16(2)3;;/h6-10,13-15,17,19H,1,11-12,16H2,2-5H3,(H2,34,35);6-10,13-14,16,18H,1,11-12,15H2,2-5H3,(H2,33,34);1H4;1H3/t19-;18-;;/m00../s1. The highest BCUT2D eigenvalue weighted by Crippen LogP contribution is 2.39. The summed E-state index contributed by atoms with van der Waals surface area (Å²) in [7, 11) is 0. The van der Waals surface area contributed by atoms with Crippen molar-refractivity contribution in [2.24, 2.45) is 0 Å². The number of halogens is 4. The summed E-state index contributed by atoms with van der Waals surface area (Å²) < 4.78 is 32.8. The van der Waals surface area contributed by atoms with Gasteiger partial charge in [0.2, 0.25) is 11.8 Å². The van der Waals surface area contributed by atoms with E-state index in [1.165, 1.54) is 33.4 Å². The van der Waals surface area contributed by atoms with Gasteiger partial charge in [-0.1, -0.05) is 95.7 Å². The molecule has 1 unspecified atom stereocenters. The van der Waals surface area contributed by atoms with Crippen LogP contribution in [0.15, 0.2) is 114 Å². The number of pyridine rings is 5. The number of nitrogens with zero attached hydrogens (tertiary/aromatic N) is 11. The minimum Gasteiger partial charge on any atom is -0.384 e. The molecule has 2 aromatic carbocycles. The van der Waals surface area contributed by atoms with Crippen molar-refractivity contribution in [1.29, 1.82) is 0 Å². The lowest BCUT2D eigenvalue weighted by Crippen LogP contribution is -2.54. The predicted molar refractivity (Wildman–Crippen MR) is 340 cm³/mol. The molecule has 17 nitrogen and oxygen atoms in total. The second kappa shape index (κ2) is 25.8. The van der Waals surface area contributed by atoms with E-state index in [1.807, 2.05) is 60.3 Å². The fourth-order valence-electron chi connectivity index (χ4n) is 10.9. The summed E-state index contributed by atoms with van der Waals surface area (Å²) in [6.45, 7) is 25.4. The SMILES string of the molecule is C.C=CC(=O)N1CCN(c2cc(=O)n(-c3c(C)cc(N)nc3C(C)C)c3nc(-c4ccccc4F)c(Cl)cc23)[C@@H](C)C1.C=CC(=O)N1CCN(c2nc(=O)n(-c3c(C)cc(N)nc3C(C)C)c3nc(-c4ccccc4F)c(Cl)cc23)[C@@H](C)C1.P. The maximum Gasteiger partial charge on any atom is 0.355 e. The molecule has 2 aliphatic rings. The molecule has 8 aromatic rings. The Hall–Kier alpha value is -8.12. The third-order valence-corrected chi connectivity index (χ3v) is 15.4. The van der Waals surface area contributed by atoms with Crippen LogP contribution in [-0.2, 0) is 9.59 Å². The van der Waals surface area contributed by atoms with Crippen LogP contribution in [0, 0.1) is 25.5 Å². The molecule has 0 aliphatic carbocycles. The van der Waals surface area contributed by atoms with Crippen molar-refractivity contribution in [3.05, 3.63) is 169 Å². The van der Waals surface area contributed by atoms with Gasteiger partial charge in [0.25, 0.3) is 5.56 Å². The zero-order chi connectivity index (χ0) is 59.2. The lowest BCUT2D eigenvalue weighted by Gasteiger charge is -2.41. The number of piperazine rings is 2. The molecule has 0 bridgehead atoms. The van der Waals surface area contributed by atoms with Gasteiger partial charge >= 0.3 is 5.69 Å². The van der Waals surface area contributed by atoms with Gasteiger partial charge in [-0.3, -0.25) is 19.0 Å². The van der Waals surface area contributed by atoms with Crippen LogP contribution in [0.2, 0.25) is 10.0 Å². The first-order valence-electron chi connectivity index (χ1n) is 26.8. The smallest absolute Gasteiger partial charge is 0.355 e. The molecule has 22 heteroatoms. The van der Waals surface area contributed by atoms with E-state index in [9.17, 15) is 28.0 Å². The van der Waals surface area contributed by atoms with Gasteiger partial charge in [-0.2, -0.15) is 14.9 Å². The van der Waals surface area contributed by atoms with Crippen LogP contribution in [0.4, 0.5) is 31.9 Å². The summed E-state index contributed by atoms with van der Waals surface area (Å²) in [4.78, 5) is 83.5. The number of aryl methyl sites for hydroxylation is 2. The maximum absolute atomic E-state index is 15.0. The van der Waals surface area contributed by atoms with Crippen LogP contribution in [0.5, 0.6) is 0 Å². The molecule has 4 N–H and O–H groups in total. The largest absolute Gasteiger partial charge is 0.384 e. The van der Waals surface area contributed by atoms with Crippen molar-refractivity contribution in [1.82, 2.24) is 43.9 Å². The number of rotatable bonds is 10. The third kappa shape index (κ3) is 12.1. The Morgan fingerprint density at radius 3 is 1.50 bits per heavy atom. The Labute approximate surface area is 500 Å². The Bertz CT molecular complexity index is 3770. The average molecular weight is 1200 g/mol. The Morgan fingerprint density at radius 1 is 0.631 bits per heavy atom. The Morgan fingerprint density at radius 2 is 1.06 bits per heavy atom. The third-order valence-electron chi connectivity index (χ3n) is 14.8. The summed E-state index contributed by atoms with van der Waals surface area (Å²) in [5.41, 5.74) is 17.2. The number of nitrogen functional groups attached to an aromatic ring is 2. The number of carbonyl (C=O) groups excluding carboxylic acids is 2. The Kier molecular flexibility index (Phi) is 19.5. The minimum atomic E-state index is -0.574. The van der Waals surface area contributed by atoms with E-state index in [4.69, 9.17) is 44.6 Å². The number of hydrogen-bond acceptors (Lipinski definition) is 13. The van der Waals surface area contributed by atoms with E-state index < -0.39 is 17.3 Å². The second-order valence-corrected chi connectivity index (χ2v) is 22.0. The lowest BCUT2D eigenvalue weighted by molar-refractivity contribution is -0.127. The molecule has 0 saturated carbocycles. The van der Waals surface area contributed by atoms with Crippen LogP contribution < -0.4 is 32.5 Å². The molecule has 2 saturated heterocycles. The number of fused-ring (bicyclic) bond motifs is 2. The van der Waals surface area contributed by atoms with Crippen molar-refractivity contribution in [3.8, 4) is 33.9 Å². The number of amides is 2. The number of nitrogens with two attached hydrogens (primary N) is 2. The monoisotopic (exact) mass is 1200 g/mol. The summed E-state index contributed by atoms with van der Waals surface area (Å²) in [6, 6.07) is 20.6. The number of hydrogen-bond donors (Lipinski definition) is 2. The van der Waals surface area contributed by atoms with Gasteiger partial charge in [-0.15, -0.1) is 0 Å². The van der Waals surface area contributed by atoms with E-state index in [0.29, 0.717) is 107 Å². The molecule has 8 heterocycles. The molecule has 3 atom stereocenters. The summed E-state index contributed by atoms with van der Waals surface area (Å²) in [5, 5.41) is 1.59. The van der Waals surface area contributed by atoms with Crippen LogP contribution in [0.25, 0.3) is 56.0 Å². The fourth-order valence-corrected chi connectivity index (χ4v) is 11.4. The van der Waals surface area contributed by atoms with Crippen molar-refractivity contribution in [3.63, 3.8) is 0 Å². The number of carbonyl (C=O) groups is 2. The highest BCUT2D eigenvalue weighted by molar-refractivity contribution is 6.92. The Balaban J connectivity index is 0.000000235. The topological polar surface area (TPSA) is 208 Å². The van der Waals surface area contributed by atoms with Gasteiger partial charge < -0.3 is 31.1 Å². The van der Waals surface area contributed by atoms with Gasteiger partial charge in [0.1, 0.15) is 34.7 Å². The molecule has 2 fully saturated rings. The highest BCUT2D eigenvalue weighted by atomic mass is 35.5. The van der Waals surface area contributed by atoms with Crippen molar-refractivity contribution in [2.75, 3.05) is 60.5 Å². The normalized spacial score (nSPS) is 15.2. The highest BCUT2D eigenvalue weighted by Gasteiger charge is 2.33. The first kappa shape index (κ1) is 63.5. The summed E-state index contributed by atoms with van der Waals surface area (Å²) >= 11 is 13.5. The molecule has 440 valence electrons. The van der Waals surface area contributed by atoms with Crippen molar-refractivity contribution in [2.45, 2.75) is 86.7 Å². The minimum absolute atomic E-state index is 0. The van der Waals surface area contributed by atoms with Crippen molar-refractivity contribution < 1.29 is 18.4 Å². The van der Waals surface area contributed by atoms with Crippen LogP contribution in [0.1, 0.15) is 83.3 Å². The number of anilines is 4. The van der Waals surface area contributed by atoms with Crippen LogP contribution in [0.3, 0.4) is 0 Å². The van der Waals surface area contributed by atoms with E-state index in [-0.39, 0.29) is 96.8 Å². The number of benzene rings is 2. The van der Waals surface area contributed by atoms with Crippen LogP contribution in [-0.4, -0.2) is 107 Å². The first-order valence-corrected chi connectivity index (χ1v) is 27.6. The first-order chi connectivity index (χ1) is 39.0. The van der Waals surface area contributed by atoms with E-state index >= 15 is 0 Å². The van der Waals surface area contributed by atoms with E-state index in [0.717, 1.165) is 5.56 Å². The summed E-state index contributed by atoms with van der Waals surface area (Å²) in [5.74, 6) is -0.315. The summed E-state index contributed by atoms with van der Waals surface area (Å²) in [6.07, 6.45) is 2.60. The molecule has 6 aromatic heterocycles. The quantitative estimate of drug-likeness (QED) is 0.0966. The lowest BCUT2D eigenvalue weighted by atomic mass is 10.0. The van der Waals surface area contributed by atoms with Gasteiger partial charge in [0.05, 0.1) is 55.3 Å². The van der Waals surface area contributed by atoms with E-state index in [1.54, 1.807) is 76.5 Å². The van der Waals surface area contributed by atoms with Crippen LogP contribution >= 0.6 is 33.1 Å². The molecule has 84 heavy (non-hydrogen) atoms. The van der Waals surface area contributed by atoms with E-state index in [2.05, 4.69) is 33.0 Å². The zero-order valence-corrected chi connectivity index (χ0v) is 50.5. The maximum atomic E-state index is 15.0. The average Bonchev–Trinajstić information content (AvgIpc) is 1.24. The molecule has 2 amide bonds. The second-order valence-electron chi connectivity index (χ2n) is 21.2. The molecule has 0 spiro atoms. The molecule has 0 radical (unpaired) electrons. The van der Waals surface area contributed by atoms with Crippen molar-refractivity contribution >= 4 is 90.1 Å². The molecular weight excluding hydrogens is 1130 g/mol. The van der Waals surface area contributed by atoms with Gasteiger partial charge in [-0.25, -0.2) is 38.1 Å². The predicted octanol–water partition coefficient (Wildman–Crippen LogP) is 11.0. The van der Waals surface area contributed by atoms with Gasteiger partial charge in [-0.05, 0) is 111 Å². The fraction of sp³-hybridized carbons (Fsp3) is 0.306. The molecule has 2 aliphatic heterocycles. The van der Waals surface area contributed by atoms with Gasteiger partial charge in [0.15, 0.2) is 5.65 Å². The van der Waals surface area contributed by atoms with Gasteiger partial charge in [0, 0.05) is 73.9 Å². The number of aromatic nitrogens is 7. The molecule has 10 rings (SSSR count). The molecular formula is C62H70Cl2F2N13O4P.